The second kappa shape index (κ2) is 5.30. The number of hydrogen-bond donors (Lipinski definition) is 2. The quantitative estimate of drug-likeness (QED) is 0.837. The Labute approximate surface area is 116 Å². The third kappa shape index (κ3) is 2.79. The lowest BCUT2D eigenvalue weighted by atomic mass is 10.3. The molecule has 0 amide bonds. The average molecular weight is 281 g/mol. The van der Waals surface area contributed by atoms with Crippen molar-refractivity contribution in [3.05, 3.63) is 11.5 Å². The van der Waals surface area contributed by atoms with Gasteiger partial charge >= 0.3 is 0 Å². The Hall–Kier alpha value is -1.40. The van der Waals surface area contributed by atoms with Crippen LogP contribution in [0.1, 0.15) is 19.8 Å². The molecule has 1 aliphatic heterocycles. The third-order valence-corrected chi connectivity index (χ3v) is 3.57. The van der Waals surface area contributed by atoms with E-state index in [2.05, 4.69) is 37.3 Å². The fraction of sp³-hybridized carbons (Fsp3) is 0.583. The first-order valence-corrected chi connectivity index (χ1v) is 6.95. The molecule has 0 saturated carbocycles. The predicted molar refractivity (Wildman–Crippen MR) is 75.5 cm³/mol. The molecule has 0 aliphatic carbocycles. The topological polar surface area (TPSA) is 69.7 Å². The standard InChI is InChI=1S/C12H17ClN6/c1-8(7-19-4-2-3-5-19)15-10-9-6-14-18-11(9)17-12(13)16-10/h6,8H,2-5,7H2,1H3,(H2,14,15,16,17,18). The lowest BCUT2D eigenvalue weighted by molar-refractivity contribution is 0.327. The molecule has 0 aromatic carbocycles. The van der Waals surface area contributed by atoms with Gasteiger partial charge in [-0.25, -0.2) is 0 Å². The number of rotatable bonds is 4. The first-order valence-electron chi connectivity index (χ1n) is 6.58. The van der Waals surface area contributed by atoms with E-state index in [0.717, 1.165) is 17.7 Å². The van der Waals surface area contributed by atoms with E-state index in [1.807, 2.05) is 0 Å². The summed E-state index contributed by atoms with van der Waals surface area (Å²) >= 11 is 5.91. The number of H-pyrrole nitrogens is 1. The van der Waals surface area contributed by atoms with Gasteiger partial charge in [-0.1, -0.05) is 0 Å². The molecule has 1 fully saturated rings. The number of hydrogen-bond acceptors (Lipinski definition) is 5. The highest BCUT2D eigenvalue weighted by Crippen LogP contribution is 2.21. The number of anilines is 1. The molecular weight excluding hydrogens is 264 g/mol. The summed E-state index contributed by atoms with van der Waals surface area (Å²) in [5.41, 5.74) is 0.663. The van der Waals surface area contributed by atoms with Gasteiger partial charge in [-0.15, -0.1) is 0 Å². The van der Waals surface area contributed by atoms with Crippen molar-refractivity contribution in [3.63, 3.8) is 0 Å². The number of fused-ring (bicyclic) bond motifs is 1. The summed E-state index contributed by atoms with van der Waals surface area (Å²) in [7, 11) is 0. The summed E-state index contributed by atoms with van der Waals surface area (Å²) in [6.07, 6.45) is 4.33. The molecule has 3 rings (SSSR count). The lowest BCUT2D eigenvalue weighted by Crippen LogP contribution is -2.33. The molecule has 7 heteroatoms. The van der Waals surface area contributed by atoms with E-state index in [9.17, 15) is 0 Å². The van der Waals surface area contributed by atoms with Crippen molar-refractivity contribution in [2.24, 2.45) is 0 Å². The Kier molecular flexibility index (Phi) is 3.52. The van der Waals surface area contributed by atoms with E-state index in [1.165, 1.54) is 25.9 Å². The number of halogens is 1. The van der Waals surface area contributed by atoms with Gasteiger partial charge in [-0.3, -0.25) is 5.10 Å². The normalized spacial score (nSPS) is 18.0. The number of nitrogens with one attached hydrogen (secondary N) is 2. The van der Waals surface area contributed by atoms with Crippen molar-refractivity contribution >= 4 is 28.5 Å². The van der Waals surface area contributed by atoms with E-state index in [-0.39, 0.29) is 5.28 Å². The van der Waals surface area contributed by atoms with Crippen LogP contribution in [0.5, 0.6) is 0 Å². The Morgan fingerprint density at radius 2 is 2.21 bits per heavy atom. The molecule has 2 aromatic heterocycles. The van der Waals surface area contributed by atoms with Gasteiger partial charge in [-0.05, 0) is 44.5 Å². The number of likely N-dealkylation sites (tertiary alicyclic amines) is 1. The zero-order chi connectivity index (χ0) is 13.2. The van der Waals surface area contributed by atoms with Crippen LogP contribution in [0.15, 0.2) is 6.20 Å². The number of nitrogens with zero attached hydrogens (tertiary/aromatic N) is 4. The zero-order valence-electron chi connectivity index (χ0n) is 10.9. The van der Waals surface area contributed by atoms with Gasteiger partial charge in [-0.2, -0.15) is 15.1 Å². The Morgan fingerprint density at radius 1 is 1.42 bits per heavy atom. The SMILES string of the molecule is CC(CN1CCCC1)Nc1nc(Cl)nc2[nH]ncc12. The van der Waals surface area contributed by atoms with Gasteiger partial charge in [0.1, 0.15) is 5.82 Å². The molecule has 2 aromatic rings. The maximum Gasteiger partial charge on any atom is 0.226 e. The highest BCUT2D eigenvalue weighted by atomic mass is 35.5. The molecule has 3 heterocycles. The van der Waals surface area contributed by atoms with E-state index in [1.54, 1.807) is 6.20 Å². The monoisotopic (exact) mass is 280 g/mol. The molecule has 1 atom stereocenters. The van der Waals surface area contributed by atoms with Crippen LogP contribution >= 0.6 is 11.6 Å². The van der Waals surface area contributed by atoms with E-state index < -0.39 is 0 Å². The fourth-order valence-electron chi connectivity index (χ4n) is 2.55. The number of aromatic nitrogens is 4. The summed E-state index contributed by atoms with van der Waals surface area (Å²) in [5.74, 6) is 0.746. The maximum atomic E-state index is 5.91. The first-order chi connectivity index (χ1) is 9.22. The van der Waals surface area contributed by atoms with Crippen molar-refractivity contribution in [1.29, 1.82) is 0 Å². The summed E-state index contributed by atoms with van der Waals surface area (Å²) < 4.78 is 0. The molecule has 102 valence electrons. The van der Waals surface area contributed by atoms with Crippen LogP contribution in [0.3, 0.4) is 0 Å². The largest absolute Gasteiger partial charge is 0.366 e. The predicted octanol–water partition coefficient (Wildman–Crippen LogP) is 1.90. The highest BCUT2D eigenvalue weighted by Gasteiger charge is 2.16. The minimum atomic E-state index is 0.229. The van der Waals surface area contributed by atoms with Gasteiger partial charge in [0.15, 0.2) is 5.65 Å². The minimum Gasteiger partial charge on any atom is -0.366 e. The Balaban J connectivity index is 1.74. The molecule has 19 heavy (non-hydrogen) atoms. The fourth-order valence-corrected chi connectivity index (χ4v) is 2.72. The second-order valence-electron chi connectivity index (χ2n) is 5.03. The van der Waals surface area contributed by atoms with Crippen molar-refractivity contribution in [2.45, 2.75) is 25.8 Å². The van der Waals surface area contributed by atoms with Crippen molar-refractivity contribution in [3.8, 4) is 0 Å². The van der Waals surface area contributed by atoms with Crippen LogP contribution in [0.4, 0.5) is 5.82 Å². The zero-order valence-corrected chi connectivity index (χ0v) is 11.6. The molecule has 6 nitrogen and oxygen atoms in total. The third-order valence-electron chi connectivity index (χ3n) is 3.40. The molecule has 0 radical (unpaired) electrons. The van der Waals surface area contributed by atoms with Crippen LogP contribution < -0.4 is 5.32 Å². The molecule has 1 unspecified atom stereocenters. The summed E-state index contributed by atoms with van der Waals surface area (Å²) in [6, 6.07) is 0.308. The molecule has 1 aliphatic rings. The number of aromatic amines is 1. The summed E-state index contributed by atoms with van der Waals surface area (Å²) in [6.45, 7) is 5.55. The van der Waals surface area contributed by atoms with Crippen LogP contribution in [0.2, 0.25) is 5.28 Å². The lowest BCUT2D eigenvalue weighted by Gasteiger charge is -2.21. The molecule has 2 N–H and O–H groups in total. The van der Waals surface area contributed by atoms with Crippen molar-refractivity contribution in [1.82, 2.24) is 25.1 Å². The van der Waals surface area contributed by atoms with Gasteiger partial charge in [0.25, 0.3) is 0 Å². The summed E-state index contributed by atoms with van der Waals surface area (Å²) in [4.78, 5) is 10.8. The van der Waals surface area contributed by atoms with E-state index in [0.29, 0.717) is 11.7 Å². The van der Waals surface area contributed by atoms with Crippen LogP contribution in [0.25, 0.3) is 11.0 Å². The minimum absolute atomic E-state index is 0.229. The highest BCUT2D eigenvalue weighted by molar-refractivity contribution is 6.28. The van der Waals surface area contributed by atoms with Crippen molar-refractivity contribution in [2.75, 3.05) is 25.0 Å². The Bertz CT molecular complexity index is 562. The Morgan fingerprint density at radius 3 is 3.00 bits per heavy atom. The molecule has 0 bridgehead atoms. The van der Waals surface area contributed by atoms with Crippen molar-refractivity contribution < 1.29 is 0 Å². The van der Waals surface area contributed by atoms with Gasteiger partial charge in [0.05, 0.1) is 11.6 Å². The van der Waals surface area contributed by atoms with Gasteiger partial charge in [0, 0.05) is 12.6 Å². The van der Waals surface area contributed by atoms with Gasteiger partial charge in [0.2, 0.25) is 5.28 Å². The van der Waals surface area contributed by atoms with E-state index >= 15 is 0 Å². The maximum absolute atomic E-state index is 5.91. The first kappa shape index (κ1) is 12.6. The van der Waals surface area contributed by atoms with Gasteiger partial charge < -0.3 is 10.2 Å². The summed E-state index contributed by atoms with van der Waals surface area (Å²) in [5, 5.41) is 11.3. The average Bonchev–Trinajstić information content (AvgIpc) is 2.99. The smallest absolute Gasteiger partial charge is 0.226 e. The van der Waals surface area contributed by atoms with E-state index in [4.69, 9.17) is 11.6 Å². The van der Waals surface area contributed by atoms with Crippen LogP contribution in [-0.4, -0.2) is 50.7 Å². The molecule has 0 spiro atoms. The molecular formula is C12H17ClN6. The molecule has 1 saturated heterocycles. The second-order valence-corrected chi connectivity index (χ2v) is 5.36. The van der Waals surface area contributed by atoms with Crippen LogP contribution in [0, 0.1) is 0 Å². The van der Waals surface area contributed by atoms with Crippen LogP contribution in [-0.2, 0) is 0 Å².